The lowest BCUT2D eigenvalue weighted by molar-refractivity contribution is 0.112. The van der Waals surface area contributed by atoms with Gasteiger partial charge in [0.05, 0.1) is 11.8 Å². The fourth-order valence-corrected chi connectivity index (χ4v) is 1.75. The number of fused-ring (bicyclic) bond motifs is 1. The molecule has 2 aromatic heterocycles. The number of carbonyl (C=O) groups is 1. The van der Waals surface area contributed by atoms with Gasteiger partial charge in [-0.05, 0) is 24.3 Å². The van der Waals surface area contributed by atoms with E-state index in [1.165, 1.54) is 22.8 Å². The molecule has 0 saturated carbocycles. The SMILES string of the molecule is O=Cc1cnn2ccc(Nc3cccc(F)c3)nc12. The molecule has 0 bridgehead atoms. The molecule has 0 aliphatic carbocycles. The second-order valence-corrected chi connectivity index (χ2v) is 3.93. The molecule has 6 heteroatoms. The Morgan fingerprint density at radius 2 is 2.21 bits per heavy atom. The van der Waals surface area contributed by atoms with E-state index < -0.39 is 0 Å². The van der Waals surface area contributed by atoms with E-state index >= 15 is 0 Å². The van der Waals surface area contributed by atoms with Gasteiger partial charge >= 0.3 is 0 Å². The number of hydrogen-bond donors (Lipinski definition) is 1. The predicted molar refractivity (Wildman–Crippen MR) is 68.1 cm³/mol. The zero-order valence-electron chi connectivity index (χ0n) is 9.75. The highest BCUT2D eigenvalue weighted by Crippen LogP contribution is 2.16. The van der Waals surface area contributed by atoms with E-state index in [1.807, 2.05) is 0 Å². The predicted octanol–water partition coefficient (Wildman–Crippen LogP) is 2.42. The second kappa shape index (κ2) is 4.49. The Labute approximate surface area is 107 Å². The number of rotatable bonds is 3. The summed E-state index contributed by atoms with van der Waals surface area (Å²) in [4.78, 5) is 15.1. The Hall–Kier alpha value is -2.76. The van der Waals surface area contributed by atoms with Gasteiger partial charge in [0.25, 0.3) is 0 Å². The Bertz CT molecular complexity index is 753. The third-order valence-corrected chi connectivity index (χ3v) is 2.62. The first-order valence-corrected chi connectivity index (χ1v) is 5.58. The van der Waals surface area contributed by atoms with Crippen LogP contribution in [0.5, 0.6) is 0 Å². The van der Waals surface area contributed by atoms with Gasteiger partial charge in [-0.2, -0.15) is 5.10 Å². The Kier molecular flexibility index (Phi) is 2.68. The van der Waals surface area contributed by atoms with Crippen molar-refractivity contribution in [2.45, 2.75) is 0 Å². The zero-order chi connectivity index (χ0) is 13.2. The zero-order valence-corrected chi connectivity index (χ0v) is 9.75. The molecule has 0 unspecified atom stereocenters. The molecule has 0 saturated heterocycles. The van der Waals surface area contributed by atoms with Crippen molar-refractivity contribution in [3.63, 3.8) is 0 Å². The van der Waals surface area contributed by atoms with Crippen LogP contribution < -0.4 is 5.32 Å². The molecule has 0 amide bonds. The molecule has 1 N–H and O–H groups in total. The van der Waals surface area contributed by atoms with Gasteiger partial charge in [0.15, 0.2) is 11.9 Å². The van der Waals surface area contributed by atoms with Crippen LogP contribution in [-0.2, 0) is 0 Å². The molecular weight excluding hydrogens is 247 g/mol. The molecule has 19 heavy (non-hydrogen) atoms. The molecule has 0 spiro atoms. The Morgan fingerprint density at radius 3 is 3.00 bits per heavy atom. The van der Waals surface area contributed by atoms with E-state index in [1.54, 1.807) is 24.4 Å². The van der Waals surface area contributed by atoms with Gasteiger partial charge in [-0.3, -0.25) is 4.79 Å². The summed E-state index contributed by atoms with van der Waals surface area (Å²) in [7, 11) is 0. The summed E-state index contributed by atoms with van der Waals surface area (Å²) in [5.74, 6) is 0.186. The maximum atomic E-state index is 13.1. The van der Waals surface area contributed by atoms with Crippen molar-refractivity contribution in [3.8, 4) is 0 Å². The van der Waals surface area contributed by atoms with Gasteiger partial charge in [-0.1, -0.05) is 6.07 Å². The molecule has 3 rings (SSSR count). The van der Waals surface area contributed by atoms with Gasteiger partial charge in [0, 0.05) is 11.9 Å². The summed E-state index contributed by atoms with van der Waals surface area (Å²) in [6, 6.07) is 7.75. The van der Waals surface area contributed by atoms with Gasteiger partial charge in [0.2, 0.25) is 0 Å². The van der Waals surface area contributed by atoms with E-state index in [4.69, 9.17) is 0 Å². The smallest absolute Gasteiger partial charge is 0.167 e. The van der Waals surface area contributed by atoms with E-state index in [-0.39, 0.29) is 5.82 Å². The number of aromatic nitrogens is 3. The first-order chi connectivity index (χ1) is 9.26. The highest BCUT2D eigenvalue weighted by molar-refractivity contribution is 5.84. The number of nitrogens with one attached hydrogen (secondary N) is 1. The fourth-order valence-electron chi connectivity index (χ4n) is 1.75. The first-order valence-electron chi connectivity index (χ1n) is 5.58. The van der Waals surface area contributed by atoms with Crippen LogP contribution in [0, 0.1) is 5.82 Å². The molecule has 0 aliphatic rings. The number of halogens is 1. The van der Waals surface area contributed by atoms with Crippen molar-refractivity contribution < 1.29 is 9.18 Å². The van der Waals surface area contributed by atoms with E-state index in [0.29, 0.717) is 29.0 Å². The van der Waals surface area contributed by atoms with Crippen LogP contribution in [0.15, 0.2) is 42.7 Å². The molecule has 0 aliphatic heterocycles. The number of nitrogens with zero attached hydrogens (tertiary/aromatic N) is 3. The van der Waals surface area contributed by atoms with Gasteiger partial charge in [-0.25, -0.2) is 13.9 Å². The maximum Gasteiger partial charge on any atom is 0.167 e. The van der Waals surface area contributed by atoms with Crippen molar-refractivity contribution in [1.29, 1.82) is 0 Å². The number of aldehydes is 1. The van der Waals surface area contributed by atoms with Gasteiger partial charge < -0.3 is 5.32 Å². The number of anilines is 2. The molecule has 1 aromatic carbocycles. The number of hydrogen-bond acceptors (Lipinski definition) is 4. The van der Waals surface area contributed by atoms with Crippen LogP contribution in [0.4, 0.5) is 15.9 Å². The molecule has 0 radical (unpaired) electrons. The van der Waals surface area contributed by atoms with Crippen LogP contribution in [0.1, 0.15) is 10.4 Å². The number of carbonyl (C=O) groups excluding carboxylic acids is 1. The van der Waals surface area contributed by atoms with Crippen molar-refractivity contribution >= 4 is 23.4 Å². The topological polar surface area (TPSA) is 59.3 Å². The lowest BCUT2D eigenvalue weighted by Gasteiger charge is -2.05. The molecule has 2 heterocycles. The van der Waals surface area contributed by atoms with Crippen molar-refractivity contribution in [1.82, 2.24) is 14.6 Å². The summed E-state index contributed by atoms with van der Waals surface area (Å²) >= 11 is 0. The first kappa shape index (κ1) is 11.3. The quantitative estimate of drug-likeness (QED) is 0.731. The average molecular weight is 256 g/mol. The summed E-state index contributed by atoms with van der Waals surface area (Å²) in [6.45, 7) is 0. The molecule has 0 atom stereocenters. The third kappa shape index (κ3) is 2.15. The normalized spacial score (nSPS) is 10.6. The van der Waals surface area contributed by atoms with Gasteiger partial charge in [0.1, 0.15) is 11.6 Å². The highest BCUT2D eigenvalue weighted by Gasteiger charge is 2.05. The standard InChI is InChI=1S/C13H9FN4O/c14-10-2-1-3-11(6-10)16-12-4-5-18-13(17-12)9(8-19)7-15-18/h1-8H,(H,16,17). The van der Waals surface area contributed by atoms with Crippen molar-refractivity contribution in [3.05, 3.63) is 54.1 Å². The molecule has 3 aromatic rings. The summed E-state index contributed by atoms with van der Waals surface area (Å²) in [5.41, 5.74) is 1.45. The lowest BCUT2D eigenvalue weighted by atomic mass is 10.3. The molecule has 5 nitrogen and oxygen atoms in total. The maximum absolute atomic E-state index is 13.1. The summed E-state index contributed by atoms with van der Waals surface area (Å²) in [6.07, 6.45) is 3.82. The van der Waals surface area contributed by atoms with Gasteiger partial charge in [-0.15, -0.1) is 0 Å². The minimum atomic E-state index is -0.330. The minimum Gasteiger partial charge on any atom is -0.340 e. The van der Waals surface area contributed by atoms with Crippen LogP contribution in [-0.4, -0.2) is 20.9 Å². The second-order valence-electron chi connectivity index (χ2n) is 3.93. The van der Waals surface area contributed by atoms with E-state index in [2.05, 4.69) is 15.4 Å². The van der Waals surface area contributed by atoms with Crippen LogP contribution in [0.25, 0.3) is 5.65 Å². The van der Waals surface area contributed by atoms with Crippen LogP contribution in [0.3, 0.4) is 0 Å². The third-order valence-electron chi connectivity index (χ3n) is 2.62. The minimum absolute atomic E-state index is 0.330. The van der Waals surface area contributed by atoms with Crippen molar-refractivity contribution in [2.24, 2.45) is 0 Å². The van der Waals surface area contributed by atoms with Crippen molar-refractivity contribution in [2.75, 3.05) is 5.32 Å². The average Bonchev–Trinajstić information content (AvgIpc) is 2.81. The monoisotopic (exact) mass is 256 g/mol. The van der Waals surface area contributed by atoms with E-state index in [9.17, 15) is 9.18 Å². The number of benzene rings is 1. The summed E-state index contributed by atoms with van der Waals surface area (Å²) < 4.78 is 14.6. The molecular formula is C13H9FN4O. The largest absolute Gasteiger partial charge is 0.340 e. The Balaban J connectivity index is 1.99. The summed E-state index contributed by atoms with van der Waals surface area (Å²) in [5, 5.41) is 6.96. The molecule has 94 valence electrons. The highest BCUT2D eigenvalue weighted by atomic mass is 19.1. The lowest BCUT2D eigenvalue weighted by Crippen LogP contribution is -1.98. The van der Waals surface area contributed by atoms with Crippen LogP contribution in [0.2, 0.25) is 0 Å². The van der Waals surface area contributed by atoms with Crippen LogP contribution >= 0.6 is 0 Å². The fraction of sp³-hybridized carbons (Fsp3) is 0. The Morgan fingerprint density at radius 1 is 1.32 bits per heavy atom. The molecule has 0 fully saturated rings. The van der Waals surface area contributed by atoms with E-state index in [0.717, 1.165) is 0 Å².